The molecule has 0 rings (SSSR count). The predicted molar refractivity (Wildman–Crippen MR) is 26.5 cm³/mol. The minimum Gasteiger partial charge on any atom is -0.367 e. The van der Waals surface area contributed by atoms with Gasteiger partial charge >= 0.3 is 0 Å². The van der Waals surface area contributed by atoms with Crippen LogP contribution in [-0.2, 0) is 0 Å². The molecule has 0 unspecified atom stereocenters. The molecular formula is C4H11NO2. The van der Waals surface area contributed by atoms with Crippen molar-refractivity contribution in [3.63, 3.8) is 0 Å². The molecule has 7 heavy (non-hydrogen) atoms. The average molecular weight is 105 g/mol. The molecule has 0 aliphatic carbocycles. The maximum absolute atomic E-state index is 8.25. The van der Waals surface area contributed by atoms with Crippen LogP contribution < -0.4 is 5.73 Å². The van der Waals surface area contributed by atoms with E-state index in [-0.39, 0.29) is 0 Å². The highest BCUT2D eigenvalue weighted by molar-refractivity contribution is 4.57. The van der Waals surface area contributed by atoms with Crippen molar-refractivity contribution >= 4 is 0 Å². The van der Waals surface area contributed by atoms with Crippen molar-refractivity contribution < 1.29 is 10.2 Å². The molecule has 0 bridgehead atoms. The molecule has 0 aromatic carbocycles. The topological polar surface area (TPSA) is 66.5 Å². The molecule has 3 nitrogen and oxygen atoms in total. The van der Waals surface area contributed by atoms with Gasteiger partial charge in [0, 0.05) is 0 Å². The summed E-state index contributed by atoms with van der Waals surface area (Å²) in [5.41, 5.74) is 5.12. The van der Waals surface area contributed by atoms with E-state index in [9.17, 15) is 0 Å². The lowest BCUT2D eigenvalue weighted by molar-refractivity contribution is -0.0585. The van der Waals surface area contributed by atoms with Crippen molar-refractivity contribution in [2.24, 2.45) is 5.73 Å². The fourth-order valence-electron chi connectivity index (χ4n) is 0.211. The summed E-state index contributed by atoms with van der Waals surface area (Å²) >= 11 is 0. The smallest absolute Gasteiger partial charge is 0.166 e. The molecule has 3 heteroatoms. The van der Waals surface area contributed by atoms with Gasteiger partial charge in [-0.15, -0.1) is 0 Å². The Morgan fingerprint density at radius 2 is 2.00 bits per heavy atom. The van der Waals surface area contributed by atoms with Crippen molar-refractivity contribution in [3.05, 3.63) is 0 Å². The fourth-order valence-corrected chi connectivity index (χ4v) is 0.211. The Bertz CT molecular complexity index is 47.0. The van der Waals surface area contributed by atoms with Crippen molar-refractivity contribution in [1.29, 1.82) is 0 Å². The van der Waals surface area contributed by atoms with Gasteiger partial charge in [0.15, 0.2) is 6.29 Å². The summed E-state index contributed by atoms with van der Waals surface area (Å²) in [7, 11) is 0. The van der Waals surface area contributed by atoms with Gasteiger partial charge in [0.1, 0.15) is 0 Å². The Morgan fingerprint density at radius 3 is 2.00 bits per heavy atom. The van der Waals surface area contributed by atoms with Crippen LogP contribution in [0.3, 0.4) is 0 Å². The summed E-state index contributed by atoms with van der Waals surface area (Å²) in [6.45, 7) is 1.80. The number of rotatable bonds is 2. The minimum absolute atomic E-state index is 0.486. The van der Waals surface area contributed by atoms with Gasteiger partial charge in [0.25, 0.3) is 0 Å². The Hall–Kier alpha value is -0.120. The van der Waals surface area contributed by atoms with E-state index in [2.05, 4.69) is 0 Å². The lowest BCUT2D eigenvalue weighted by atomic mass is 10.2. The Kier molecular flexibility index (Phi) is 2.91. The lowest BCUT2D eigenvalue weighted by Crippen LogP contribution is -2.33. The maximum Gasteiger partial charge on any atom is 0.166 e. The van der Waals surface area contributed by atoms with E-state index in [0.29, 0.717) is 6.42 Å². The van der Waals surface area contributed by atoms with Gasteiger partial charge in [-0.2, -0.15) is 0 Å². The van der Waals surface area contributed by atoms with Crippen LogP contribution in [0.25, 0.3) is 0 Å². The van der Waals surface area contributed by atoms with Gasteiger partial charge in [-0.05, 0) is 6.42 Å². The molecule has 0 aliphatic rings. The van der Waals surface area contributed by atoms with Crippen LogP contribution in [0.4, 0.5) is 0 Å². The molecule has 0 spiro atoms. The Balaban J connectivity index is 3.14. The van der Waals surface area contributed by atoms with Crippen molar-refractivity contribution in [2.45, 2.75) is 25.7 Å². The summed E-state index contributed by atoms with van der Waals surface area (Å²) in [6, 6.07) is -0.486. The Morgan fingerprint density at radius 1 is 1.57 bits per heavy atom. The van der Waals surface area contributed by atoms with Gasteiger partial charge in [0.2, 0.25) is 0 Å². The summed E-state index contributed by atoms with van der Waals surface area (Å²) in [5, 5.41) is 16.5. The largest absolute Gasteiger partial charge is 0.367 e. The summed E-state index contributed by atoms with van der Waals surface area (Å²) in [5.74, 6) is 0. The normalized spacial score (nSPS) is 15.0. The SMILES string of the molecule is CC[C@@H](N)C(O)O. The number of aliphatic hydroxyl groups is 2. The molecule has 44 valence electrons. The first kappa shape index (κ1) is 6.88. The molecule has 0 radical (unpaired) electrons. The highest BCUT2D eigenvalue weighted by atomic mass is 16.5. The van der Waals surface area contributed by atoms with Gasteiger partial charge in [0.05, 0.1) is 6.04 Å². The van der Waals surface area contributed by atoms with E-state index in [4.69, 9.17) is 15.9 Å². The molecule has 4 N–H and O–H groups in total. The Labute approximate surface area is 42.8 Å². The van der Waals surface area contributed by atoms with E-state index in [0.717, 1.165) is 0 Å². The number of nitrogens with two attached hydrogens (primary N) is 1. The molecular weight excluding hydrogens is 94.0 g/mol. The first-order valence-corrected chi connectivity index (χ1v) is 2.30. The summed E-state index contributed by atoms with van der Waals surface area (Å²) in [4.78, 5) is 0. The van der Waals surface area contributed by atoms with E-state index in [1.54, 1.807) is 6.92 Å². The second kappa shape index (κ2) is 2.96. The van der Waals surface area contributed by atoms with Gasteiger partial charge in [-0.3, -0.25) is 0 Å². The van der Waals surface area contributed by atoms with E-state index in [1.807, 2.05) is 0 Å². The summed E-state index contributed by atoms with van der Waals surface area (Å²) < 4.78 is 0. The molecule has 0 heterocycles. The zero-order valence-corrected chi connectivity index (χ0v) is 4.33. The quantitative estimate of drug-likeness (QED) is 0.396. The van der Waals surface area contributed by atoms with Crippen LogP contribution in [0.1, 0.15) is 13.3 Å². The first-order valence-electron chi connectivity index (χ1n) is 2.30. The van der Waals surface area contributed by atoms with Crippen molar-refractivity contribution in [2.75, 3.05) is 0 Å². The third-order valence-corrected chi connectivity index (χ3v) is 0.854. The van der Waals surface area contributed by atoms with Crippen LogP contribution in [0.2, 0.25) is 0 Å². The second-order valence-electron chi connectivity index (χ2n) is 1.49. The molecule has 0 aromatic heterocycles. The summed E-state index contributed by atoms with van der Waals surface area (Å²) in [6.07, 6.45) is -0.762. The monoisotopic (exact) mass is 105 g/mol. The van der Waals surface area contributed by atoms with E-state index >= 15 is 0 Å². The maximum atomic E-state index is 8.25. The highest BCUT2D eigenvalue weighted by Crippen LogP contribution is 1.88. The van der Waals surface area contributed by atoms with Crippen LogP contribution in [-0.4, -0.2) is 22.5 Å². The molecule has 0 aliphatic heterocycles. The zero-order chi connectivity index (χ0) is 5.86. The molecule has 0 aromatic rings. The molecule has 0 saturated heterocycles. The van der Waals surface area contributed by atoms with Crippen LogP contribution in [0.15, 0.2) is 0 Å². The van der Waals surface area contributed by atoms with Crippen LogP contribution in [0, 0.1) is 0 Å². The minimum atomic E-state index is -1.36. The van der Waals surface area contributed by atoms with Crippen LogP contribution >= 0.6 is 0 Å². The number of hydrogen-bond donors (Lipinski definition) is 3. The first-order chi connectivity index (χ1) is 3.18. The standard InChI is InChI=1S/C4H11NO2/c1-2-3(5)4(6)7/h3-4,6-7H,2,5H2,1H3/t3-/m1/s1. The van der Waals surface area contributed by atoms with E-state index in [1.165, 1.54) is 0 Å². The van der Waals surface area contributed by atoms with Gasteiger partial charge < -0.3 is 15.9 Å². The second-order valence-corrected chi connectivity index (χ2v) is 1.49. The van der Waals surface area contributed by atoms with Crippen molar-refractivity contribution in [1.82, 2.24) is 0 Å². The average Bonchev–Trinajstić information content (AvgIpc) is 1.65. The van der Waals surface area contributed by atoms with Crippen LogP contribution in [0.5, 0.6) is 0 Å². The lowest BCUT2D eigenvalue weighted by Gasteiger charge is -2.08. The highest BCUT2D eigenvalue weighted by Gasteiger charge is 2.05. The van der Waals surface area contributed by atoms with Crippen molar-refractivity contribution in [3.8, 4) is 0 Å². The molecule has 0 amide bonds. The number of hydrogen-bond acceptors (Lipinski definition) is 3. The third kappa shape index (κ3) is 2.56. The fraction of sp³-hybridized carbons (Fsp3) is 1.00. The number of aliphatic hydroxyl groups excluding tert-OH is 1. The molecule has 0 fully saturated rings. The molecule has 1 atom stereocenters. The third-order valence-electron chi connectivity index (χ3n) is 0.854. The zero-order valence-electron chi connectivity index (χ0n) is 4.33. The van der Waals surface area contributed by atoms with Gasteiger partial charge in [-0.25, -0.2) is 0 Å². The molecule has 0 saturated carbocycles. The van der Waals surface area contributed by atoms with Gasteiger partial charge in [-0.1, -0.05) is 6.92 Å². The predicted octanol–water partition coefficient (Wildman–Crippen LogP) is -0.966. The van der Waals surface area contributed by atoms with E-state index < -0.39 is 12.3 Å².